The Labute approximate surface area is 145 Å². The molecule has 0 radical (unpaired) electrons. The van der Waals surface area contributed by atoms with Gasteiger partial charge in [-0.1, -0.05) is 0 Å². The molecule has 1 aromatic carbocycles. The van der Waals surface area contributed by atoms with E-state index < -0.39 is 0 Å². The summed E-state index contributed by atoms with van der Waals surface area (Å²) in [5, 5.41) is 3.15. The van der Waals surface area contributed by atoms with Gasteiger partial charge in [-0.05, 0) is 18.2 Å². The Morgan fingerprint density at radius 2 is 1.84 bits per heavy atom. The van der Waals surface area contributed by atoms with E-state index in [2.05, 4.69) is 20.2 Å². The maximum atomic E-state index is 12.4. The second kappa shape index (κ2) is 6.84. The molecule has 1 amide bonds. The van der Waals surface area contributed by atoms with Crippen LogP contribution < -0.4 is 19.7 Å². The first-order valence-electron chi connectivity index (χ1n) is 8.23. The maximum absolute atomic E-state index is 12.4. The van der Waals surface area contributed by atoms with Gasteiger partial charge in [-0.25, -0.2) is 9.97 Å². The second-order valence-corrected chi connectivity index (χ2v) is 5.84. The molecule has 0 aliphatic carbocycles. The summed E-state index contributed by atoms with van der Waals surface area (Å²) in [6.45, 7) is 3.30. The first-order valence-corrected chi connectivity index (χ1v) is 8.23. The lowest BCUT2D eigenvalue weighted by atomic mass is 10.2. The van der Waals surface area contributed by atoms with E-state index in [9.17, 15) is 4.79 Å². The van der Waals surface area contributed by atoms with Gasteiger partial charge in [0.25, 0.3) is 0 Å². The Hall–Kier alpha value is -3.03. The van der Waals surface area contributed by atoms with Crippen LogP contribution in [0.5, 0.6) is 11.5 Å². The summed E-state index contributed by atoms with van der Waals surface area (Å²) < 4.78 is 10.6. The SMILES string of the molecule is O=C(CNc1ccc2c(c1)OCO2)N1CCN(c2ncccn2)CC1. The predicted molar refractivity (Wildman–Crippen MR) is 91.9 cm³/mol. The summed E-state index contributed by atoms with van der Waals surface area (Å²) in [7, 11) is 0. The monoisotopic (exact) mass is 341 g/mol. The van der Waals surface area contributed by atoms with Gasteiger partial charge in [-0.2, -0.15) is 0 Å². The van der Waals surface area contributed by atoms with Gasteiger partial charge in [0.2, 0.25) is 18.6 Å². The van der Waals surface area contributed by atoms with Crippen LogP contribution in [0.2, 0.25) is 0 Å². The van der Waals surface area contributed by atoms with Crippen LogP contribution in [0.4, 0.5) is 11.6 Å². The Balaban J connectivity index is 1.28. The number of carbonyl (C=O) groups is 1. The molecule has 0 unspecified atom stereocenters. The third-order valence-corrected chi connectivity index (χ3v) is 4.28. The molecule has 1 aromatic heterocycles. The fourth-order valence-electron chi connectivity index (χ4n) is 2.91. The quantitative estimate of drug-likeness (QED) is 0.887. The zero-order valence-corrected chi connectivity index (χ0v) is 13.7. The highest BCUT2D eigenvalue weighted by molar-refractivity contribution is 5.81. The Bertz CT molecular complexity index is 747. The van der Waals surface area contributed by atoms with Crippen molar-refractivity contribution in [2.24, 2.45) is 0 Å². The fourth-order valence-corrected chi connectivity index (χ4v) is 2.91. The number of anilines is 2. The van der Waals surface area contributed by atoms with E-state index >= 15 is 0 Å². The fraction of sp³-hybridized carbons (Fsp3) is 0.353. The Morgan fingerprint density at radius 1 is 1.08 bits per heavy atom. The maximum Gasteiger partial charge on any atom is 0.241 e. The lowest BCUT2D eigenvalue weighted by Crippen LogP contribution is -2.50. The molecule has 3 heterocycles. The average Bonchev–Trinajstić information content (AvgIpc) is 3.15. The first kappa shape index (κ1) is 15.5. The zero-order chi connectivity index (χ0) is 17.1. The van der Waals surface area contributed by atoms with E-state index in [4.69, 9.17) is 9.47 Å². The van der Waals surface area contributed by atoms with E-state index in [0.29, 0.717) is 24.8 Å². The number of benzene rings is 1. The van der Waals surface area contributed by atoms with Gasteiger partial charge < -0.3 is 24.6 Å². The highest BCUT2D eigenvalue weighted by Crippen LogP contribution is 2.34. The molecule has 130 valence electrons. The van der Waals surface area contributed by atoms with E-state index in [0.717, 1.165) is 24.5 Å². The van der Waals surface area contributed by atoms with Crippen LogP contribution in [-0.4, -0.2) is 60.3 Å². The molecular weight excluding hydrogens is 322 g/mol. The summed E-state index contributed by atoms with van der Waals surface area (Å²) in [6.07, 6.45) is 3.46. The molecule has 0 saturated carbocycles. The third kappa shape index (κ3) is 3.42. The van der Waals surface area contributed by atoms with E-state index in [1.54, 1.807) is 18.5 Å². The number of ether oxygens (including phenoxy) is 2. The van der Waals surface area contributed by atoms with Crippen molar-refractivity contribution in [3.05, 3.63) is 36.7 Å². The summed E-state index contributed by atoms with van der Waals surface area (Å²) in [6, 6.07) is 7.37. The Kier molecular flexibility index (Phi) is 4.24. The molecule has 1 N–H and O–H groups in total. The molecule has 8 heteroatoms. The van der Waals surface area contributed by atoms with Gasteiger partial charge >= 0.3 is 0 Å². The number of hydrogen-bond acceptors (Lipinski definition) is 7. The van der Waals surface area contributed by atoms with Crippen molar-refractivity contribution in [1.82, 2.24) is 14.9 Å². The summed E-state index contributed by atoms with van der Waals surface area (Å²) in [4.78, 5) is 24.9. The highest BCUT2D eigenvalue weighted by atomic mass is 16.7. The topological polar surface area (TPSA) is 79.8 Å². The minimum absolute atomic E-state index is 0.0753. The number of piperazine rings is 1. The number of nitrogens with one attached hydrogen (secondary N) is 1. The van der Waals surface area contributed by atoms with Crippen LogP contribution in [0.1, 0.15) is 0 Å². The van der Waals surface area contributed by atoms with E-state index in [1.165, 1.54) is 0 Å². The molecule has 4 rings (SSSR count). The number of fused-ring (bicyclic) bond motifs is 1. The van der Waals surface area contributed by atoms with Crippen molar-refractivity contribution in [1.29, 1.82) is 0 Å². The van der Waals surface area contributed by atoms with Crippen molar-refractivity contribution >= 4 is 17.5 Å². The standard InChI is InChI=1S/C17H19N5O3/c23-16(11-20-13-2-3-14-15(10-13)25-12-24-14)21-6-8-22(9-7-21)17-18-4-1-5-19-17/h1-5,10,20H,6-9,11-12H2. The van der Waals surface area contributed by atoms with Crippen LogP contribution in [0.25, 0.3) is 0 Å². The van der Waals surface area contributed by atoms with E-state index in [1.807, 2.05) is 23.1 Å². The Morgan fingerprint density at radius 3 is 2.64 bits per heavy atom. The molecule has 1 fully saturated rings. The number of rotatable bonds is 4. The molecule has 25 heavy (non-hydrogen) atoms. The van der Waals surface area contributed by atoms with Crippen LogP contribution in [0.15, 0.2) is 36.7 Å². The van der Waals surface area contributed by atoms with Crippen LogP contribution >= 0.6 is 0 Å². The molecule has 2 aromatic rings. The van der Waals surface area contributed by atoms with Crippen molar-refractivity contribution in [3.8, 4) is 11.5 Å². The largest absolute Gasteiger partial charge is 0.454 e. The number of hydrogen-bond donors (Lipinski definition) is 1. The van der Waals surface area contributed by atoms with Gasteiger partial charge in [0.05, 0.1) is 6.54 Å². The lowest BCUT2D eigenvalue weighted by molar-refractivity contribution is -0.129. The van der Waals surface area contributed by atoms with Crippen molar-refractivity contribution < 1.29 is 14.3 Å². The van der Waals surface area contributed by atoms with Gasteiger partial charge in [0.15, 0.2) is 11.5 Å². The molecule has 8 nitrogen and oxygen atoms in total. The zero-order valence-electron chi connectivity index (χ0n) is 13.7. The van der Waals surface area contributed by atoms with Crippen molar-refractivity contribution in [3.63, 3.8) is 0 Å². The van der Waals surface area contributed by atoms with Crippen LogP contribution in [-0.2, 0) is 4.79 Å². The van der Waals surface area contributed by atoms with Crippen molar-refractivity contribution in [2.75, 3.05) is 49.7 Å². The number of nitrogens with zero attached hydrogens (tertiary/aromatic N) is 4. The van der Waals surface area contributed by atoms with Gasteiger partial charge in [-0.15, -0.1) is 0 Å². The molecule has 2 aliphatic rings. The molecule has 1 saturated heterocycles. The molecule has 0 spiro atoms. The summed E-state index contributed by atoms with van der Waals surface area (Å²) in [5.74, 6) is 2.23. The smallest absolute Gasteiger partial charge is 0.241 e. The third-order valence-electron chi connectivity index (χ3n) is 4.28. The number of carbonyl (C=O) groups excluding carboxylic acids is 1. The normalized spacial score (nSPS) is 16.0. The molecule has 0 bridgehead atoms. The molecule has 2 aliphatic heterocycles. The summed E-state index contributed by atoms with van der Waals surface area (Å²) in [5.41, 5.74) is 0.842. The van der Waals surface area contributed by atoms with Crippen LogP contribution in [0.3, 0.4) is 0 Å². The minimum atomic E-state index is 0.0753. The van der Waals surface area contributed by atoms with E-state index in [-0.39, 0.29) is 19.2 Å². The first-order chi connectivity index (χ1) is 12.3. The number of amides is 1. The van der Waals surface area contributed by atoms with Crippen LogP contribution in [0, 0.1) is 0 Å². The minimum Gasteiger partial charge on any atom is -0.454 e. The van der Waals surface area contributed by atoms with Gasteiger partial charge in [0, 0.05) is 50.3 Å². The van der Waals surface area contributed by atoms with Gasteiger partial charge in [0.1, 0.15) is 0 Å². The van der Waals surface area contributed by atoms with Crippen molar-refractivity contribution in [2.45, 2.75) is 0 Å². The average molecular weight is 341 g/mol. The number of aromatic nitrogens is 2. The summed E-state index contributed by atoms with van der Waals surface area (Å²) >= 11 is 0. The predicted octanol–water partition coefficient (Wildman–Crippen LogP) is 0.966. The lowest BCUT2D eigenvalue weighted by Gasteiger charge is -2.34. The highest BCUT2D eigenvalue weighted by Gasteiger charge is 2.22. The molecule has 0 atom stereocenters. The van der Waals surface area contributed by atoms with Gasteiger partial charge in [-0.3, -0.25) is 4.79 Å². The molecular formula is C17H19N5O3. The second-order valence-electron chi connectivity index (χ2n) is 5.84.